The van der Waals surface area contributed by atoms with Crippen molar-refractivity contribution in [3.8, 4) is 0 Å². The van der Waals surface area contributed by atoms with Gasteiger partial charge in [0.15, 0.2) is 11.6 Å². The third kappa shape index (κ3) is 5.71. The summed E-state index contributed by atoms with van der Waals surface area (Å²) in [5.74, 6) is 1.01. The number of hydrogen-bond donors (Lipinski definition) is 3. The van der Waals surface area contributed by atoms with Crippen LogP contribution < -0.4 is 10.6 Å². The fraction of sp³-hybridized carbons (Fsp3) is 0.458. The number of benzene rings is 1. The molecule has 0 bridgehead atoms. The smallest absolute Gasteiger partial charge is 0.229 e. The number of piperidine rings is 1. The van der Waals surface area contributed by atoms with Gasteiger partial charge in [0.1, 0.15) is 10.8 Å². The fourth-order valence-corrected chi connectivity index (χ4v) is 5.99. The van der Waals surface area contributed by atoms with Crippen LogP contribution in [-0.4, -0.2) is 76.3 Å². The predicted octanol–water partition coefficient (Wildman–Crippen LogP) is 3.92. The van der Waals surface area contributed by atoms with Gasteiger partial charge >= 0.3 is 0 Å². The molecule has 198 valence electrons. The summed E-state index contributed by atoms with van der Waals surface area (Å²) in [6.07, 6.45) is 4.51. The molecule has 0 amide bonds. The van der Waals surface area contributed by atoms with Gasteiger partial charge in [-0.15, -0.1) is 0 Å². The zero-order chi connectivity index (χ0) is 26.3. The first kappa shape index (κ1) is 25.8. The van der Waals surface area contributed by atoms with Crippen LogP contribution in [0, 0.1) is 19.7 Å². The summed E-state index contributed by atoms with van der Waals surface area (Å²) in [4.78, 5) is 10.9. The first-order valence-electron chi connectivity index (χ1n) is 12.1. The molecule has 2 aromatic heterocycles. The van der Waals surface area contributed by atoms with E-state index in [1.807, 2.05) is 19.9 Å². The van der Waals surface area contributed by atoms with Crippen molar-refractivity contribution in [2.24, 2.45) is 0 Å². The van der Waals surface area contributed by atoms with Crippen LogP contribution >= 0.6 is 11.6 Å². The lowest BCUT2D eigenvalue weighted by molar-refractivity contribution is 0.0667. The summed E-state index contributed by atoms with van der Waals surface area (Å²) < 4.78 is 40.0. The topological polar surface area (TPSA) is 119 Å². The molecular formula is C24H30ClFN8O2S. The summed E-state index contributed by atoms with van der Waals surface area (Å²) in [5, 5.41) is 13.3. The Morgan fingerprint density at radius 3 is 2.51 bits per heavy atom. The van der Waals surface area contributed by atoms with Gasteiger partial charge < -0.3 is 10.6 Å². The average molecular weight is 549 g/mol. The second kappa shape index (κ2) is 10.2. The number of H-pyrrole nitrogens is 1. The first-order chi connectivity index (χ1) is 17.6. The molecule has 2 aliphatic heterocycles. The lowest BCUT2D eigenvalue weighted by atomic mass is 9.85. The highest BCUT2D eigenvalue weighted by atomic mass is 35.5. The van der Waals surface area contributed by atoms with Gasteiger partial charge in [0.2, 0.25) is 16.0 Å². The molecule has 2 aliphatic rings. The second-order valence-electron chi connectivity index (χ2n) is 9.81. The van der Waals surface area contributed by atoms with E-state index in [1.54, 1.807) is 12.1 Å². The number of rotatable bonds is 7. The monoisotopic (exact) mass is 548 g/mol. The van der Waals surface area contributed by atoms with Gasteiger partial charge in [-0.25, -0.2) is 17.8 Å². The van der Waals surface area contributed by atoms with Crippen molar-refractivity contribution in [1.29, 1.82) is 0 Å². The fourth-order valence-electron chi connectivity index (χ4n) is 4.97. The number of hydrogen-bond acceptors (Lipinski definition) is 8. The van der Waals surface area contributed by atoms with Crippen molar-refractivity contribution in [3.05, 3.63) is 52.1 Å². The zero-order valence-electron chi connectivity index (χ0n) is 20.9. The number of aromatic amines is 1. The molecule has 10 nitrogen and oxygen atoms in total. The Morgan fingerprint density at radius 1 is 1.14 bits per heavy atom. The van der Waals surface area contributed by atoms with E-state index in [4.69, 9.17) is 11.6 Å². The van der Waals surface area contributed by atoms with E-state index in [0.717, 1.165) is 42.8 Å². The molecule has 13 heteroatoms. The van der Waals surface area contributed by atoms with Crippen molar-refractivity contribution in [3.63, 3.8) is 0 Å². The Kier molecular flexibility index (Phi) is 7.10. The second-order valence-corrected chi connectivity index (χ2v) is 12.2. The van der Waals surface area contributed by atoms with Crippen molar-refractivity contribution in [2.75, 3.05) is 43.1 Å². The number of sulfonamides is 1. The van der Waals surface area contributed by atoms with Crippen molar-refractivity contribution in [2.45, 2.75) is 38.6 Å². The molecule has 0 spiro atoms. The van der Waals surface area contributed by atoms with E-state index >= 15 is 4.39 Å². The van der Waals surface area contributed by atoms with E-state index in [-0.39, 0.29) is 29.4 Å². The number of nitrogens with one attached hydrogen (secondary N) is 3. The Balaban J connectivity index is 1.23. The van der Waals surface area contributed by atoms with Crippen LogP contribution in [0.3, 0.4) is 0 Å². The maximum absolute atomic E-state index is 15.2. The van der Waals surface area contributed by atoms with Gasteiger partial charge in [-0.05, 0) is 69.0 Å². The Hall–Kier alpha value is -2.80. The molecule has 0 aliphatic carbocycles. The lowest BCUT2D eigenvalue weighted by Crippen LogP contribution is -2.61. The number of anilines is 4. The van der Waals surface area contributed by atoms with Crippen molar-refractivity contribution >= 4 is 44.9 Å². The molecule has 5 rings (SSSR count). The highest BCUT2D eigenvalue weighted by molar-refractivity contribution is 7.88. The number of nitrogens with zero attached hydrogens (tertiary/aromatic N) is 5. The number of aryl methyl sites for hydroxylation is 2. The number of halogens is 2. The van der Waals surface area contributed by atoms with Gasteiger partial charge in [-0.2, -0.15) is 14.4 Å². The van der Waals surface area contributed by atoms with Gasteiger partial charge in [0.05, 0.1) is 18.1 Å². The lowest BCUT2D eigenvalue weighted by Gasteiger charge is -2.46. The predicted molar refractivity (Wildman–Crippen MR) is 142 cm³/mol. The average Bonchev–Trinajstić information content (AvgIpc) is 3.21. The molecule has 1 aromatic carbocycles. The largest absolute Gasteiger partial charge is 0.322 e. The van der Waals surface area contributed by atoms with Gasteiger partial charge in [-0.1, -0.05) is 11.6 Å². The zero-order valence-corrected chi connectivity index (χ0v) is 22.5. The van der Waals surface area contributed by atoms with Gasteiger partial charge in [0, 0.05) is 30.9 Å². The minimum absolute atomic E-state index is 0.210. The van der Waals surface area contributed by atoms with Crippen LogP contribution in [0.25, 0.3) is 0 Å². The molecule has 4 heterocycles. The van der Waals surface area contributed by atoms with Gasteiger partial charge in [-0.3, -0.25) is 10.00 Å². The third-order valence-corrected chi connectivity index (χ3v) is 8.60. The molecule has 0 unspecified atom stereocenters. The van der Waals surface area contributed by atoms with Crippen LogP contribution in [0.2, 0.25) is 5.02 Å². The Morgan fingerprint density at radius 2 is 1.86 bits per heavy atom. The SMILES string of the molecule is Cc1cc(Nc2nc(Nc3cc(C)c(C4CCN(C5CN(S(C)(=O)=O)C5)CC4)cc3F)ncc2Cl)n[nH]1. The van der Waals surface area contributed by atoms with Crippen LogP contribution in [0.15, 0.2) is 24.4 Å². The molecule has 2 saturated heterocycles. The maximum atomic E-state index is 15.2. The molecule has 2 fully saturated rings. The number of likely N-dealkylation sites (tertiary alicyclic amines) is 1. The van der Waals surface area contributed by atoms with Crippen LogP contribution in [0.4, 0.5) is 27.7 Å². The number of aromatic nitrogens is 4. The molecule has 0 radical (unpaired) electrons. The molecule has 37 heavy (non-hydrogen) atoms. The molecule has 0 atom stereocenters. The highest BCUT2D eigenvalue weighted by Crippen LogP contribution is 2.35. The van der Waals surface area contributed by atoms with E-state index in [2.05, 4.69) is 35.7 Å². The molecule has 3 N–H and O–H groups in total. The van der Waals surface area contributed by atoms with E-state index in [0.29, 0.717) is 29.7 Å². The van der Waals surface area contributed by atoms with E-state index in [1.165, 1.54) is 16.8 Å². The van der Waals surface area contributed by atoms with Crippen molar-refractivity contribution < 1.29 is 12.8 Å². The molecular weight excluding hydrogens is 519 g/mol. The summed E-state index contributed by atoms with van der Waals surface area (Å²) in [6.45, 7) is 6.73. The minimum atomic E-state index is -3.11. The summed E-state index contributed by atoms with van der Waals surface area (Å²) >= 11 is 6.23. The van der Waals surface area contributed by atoms with Crippen LogP contribution in [0.1, 0.15) is 35.6 Å². The van der Waals surface area contributed by atoms with Crippen molar-refractivity contribution in [1.82, 2.24) is 29.4 Å². The standard InChI is InChI=1S/C24H30ClFN8O2S/c1-14-8-21(28-24-27-11-19(25)23(30-24)29-22-9-15(2)31-32-22)20(26)10-18(14)16-4-6-33(7-5-16)17-12-34(13-17)37(3,35)36/h8-11,16-17H,4-7,12-13H2,1-3H3,(H3,27,28,29,30,31,32). The van der Waals surface area contributed by atoms with Crippen LogP contribution in [0.5, 0.6) is 0 Å². The Bertz CT molecular complexity index is 1400. The third-order valence-electron chi connectivity index (χ3n) is 7.08. The van der Waals surface area contributed by atoms with Crippen LogP contribution in [-0.2, 0) is 10.0 Å². The summed E-state index contributed by atoms with van der Waals surface area (Å²) in [7, 11) is -3.11. The summed E-state index contributed by atoms with van der Waals surface area (Å²) in [6, 6.07) is 5.48. The first-order valence-corrected chi connectivity index (χ1v) is 14.4. The maximum Gasteiger partial charge on any atom is 0.229 e. The minimum Gasteiger partial charge on any atom is -0.322 e. The highest BCUT2D eigenvalue weighted by Gasteiger charge is 2.38. The summed E-state index contributed by atoms with van der Waals surface area (Å²) in [5.41, 5.74) is 3.17. The molecule has 0 saturated carbocycles. The quantitative estimate of drug-likeness (QED) is 0.406. The normalized spacial score (nSPS) is 18.1. The molecule has 3 aromatic rings. The van der Waals surface area contributed by atoms with E-state index < -0.39 is 10.0 Å². The Labute approximate surface area is 220 Å². The van der Waals surface area contributed by atoms with Gasteiger partial charge in [0.25, 0.3) is 0 Å². The van der Waals surface area contributed by atoms with E-state index in [9.17, 15) is 8.42 Å².